The minimum absolute atomic E-state index is 0.272. The third-order valence-electron chi connectivity index (χ3n) is 3.82. The zero-order chi connectivity index (χ0) is 14.2. The summed E-state index contributed by atoms with van der Waals surface area (Å²) in [5, 5.41) is 7.43. The second kappa shape index (κ2) is 4.98. The van der Waals surface area contributed by atoms with Gasteiger partial charge >= 0.3 is 0 Å². The molecule has 20 heavy (non-hydrogen) atoms. The fourth-order valence-corrected chi connectivity index (χ4v) is 2.67. The first kappa shape index (κ1) is 13.2. The minimum atomic E-state index is -0.284. The molecule has 106 valence electrons. The predicted octanol–water partition coefficient (Wildman–Crippen LogP) is 3.17. The first-order valence-electron chi connectivity index (χ1n) is 6.94. The molecule has 1 unspecified atom stereocenters. The van der Waals surface area contributed by atoms with Crippen LogP contribution in [0.3, 0.4) is 0 Å². The van der Waals surface area contributed by atoms with E-state index in [-0.39, 0.29) is 11.4 Å². The molecule has 2 heterocycles. The molecule has 1 aromatic carbocycles. The summed E-state index contributed by atoms with van der Waals surface area (Å²) in [6.07, 6.45) is 3.27. The van der Waals surface area contributed by atoms with Crippen LogP contribution < -0.4 is 5.32 Å². The number of halogens is 1. The van der Waals surface area contributed by atoms with Crippen LogP contribution in [-0.4, -0.2) is 16.7 Å². The summed E-state index contributed by atoms with van der Waals surface area (Å²) in [4.78, 5) is 4.45. The van der Waals surface area contributed by atoms with Crippen molar-refractivity contribution >= 4 is 0 Å². The Kier molecular flexibility index (Phi) is 3.30. The van der Waals surface area contributed by atoms with E-state index in [1.54, 1.807) is 0 Å². The average molecular weight is 275 g/mol. The monoisotopic (exact) mass is 275 g/mol. The molecule has 3 rings (SSSR count). The number of nitrogens with zero attached hydrogens (tertiary/aromatic N) is 2. The first-order valence-corrected chi connectivity index (χ1v) is 6.94. The Bertz CT molecular complexity index is 597. The molecule has 0 radical (unpaired) electrons. The molecule has 1 N–H and O–H groups in total. The molecule has 1 fully saturated rings. The normalized spacial score (nSPS) is 22.9. The van der Waals surface area contributed by atoms with Gasteiger partial charge in [0, 0.05) is 5.56 Å². The molecule has 2 aromatic rings. The Labute approximate surface area is 117 Å². The highest BCUT2D eigenvalue weighted by atomic mass is 19.1. The van der Waals surface area contributed by atoms with Crippen LogP contribution in [0.25, 0.3) is 11.4 Å². The maximum atomic E-state index is 13.5. The summed E-state index contributed by atoms with van der Waals surface area (Å²) in [6, 6.07) is 4.76. The fourth-order valence-electron chi connectivity index (χ4n) is 2.67. The van der Waals surface area contributed by atoms with Gasteiger partial charge in [-0.3, -0.25) is 0 Å². The van der Waals surface area contributed by atoms with Crippen molar-refractivity contribution in [3.05, 3.63) is 35.5 Å². The van der Waals surface area contributed by atoms with Crippen molar-refractivity contribution in [3.8, 4) is 11.4 Å². The first-order chi connectivity index (χ1) is 9.57. The molecule has 1 aliphatic rings. The number of aromatic nitrogens is 2. The topological polar surface area (TPSA) is 51.0 Å². The van der Waals surface area contributed by atoms with Crippen LogP contribution in [0.5, 0.6) is 0 Å². The second-order valence-electron chi connectivity index (χ2n) is 5.66. The Hall–Kier alpha value is -1.75. The molecular weight excluding hydrogens is 257 g/mol. The van der Waals surface area contributed by atoms with Crippen molar-refractivity contribution in [2.45, 2.75) is 38.6 Å². The molecule has 0 saturated carbocycles. The van der Waals surface area contributed by atoms with Crippen LogP contribution in [0, 0.1) is 12.7 Å². The molecule has 0 spiro atoms. The Balaban J connectivity index is 1.93. The maximum absolute atomic E-state index is 13.5. The minimum Gasteiger partial charge on any atom is -0.337 e. The van der Waals surface area contributed by atoms with E-state index in [2.05, 4.69) is 22.4 Å². The Morgan fingerprint density at radius 3 is 2.85 bits per heavy atom. The van der Waals surface area contributed by atoms with Gasteiger partial charge in [0.1, 0.15) is 5.82 Å². The van der Waals surface area contributed by atoms with Crippen molar-refractivity contribution in [2.24, 2.45) is 0 Å². The Morgan fingerprint density at radius 1 is 1.30 bits per heavy atom. The van der Waals surface area contributed by atoms with Gasteiger partial charge < -0.3 is 9.84 Å². The summed E-state index contributed by atoms with van der Waals surface area (Å²) in [5.41, 5.74) is 1.22. The van der Waals surface area contributed by atoms with Gasteiger partial charge in [0.15, 0.2) is 0 Å². The number of benzene rings is 1. The van der Waals surface area contributed by atoms with E-state index in [1.165, 1.54) is 18.6 Å². The van der Waals surface area contributed by atoms with Crippen molar-refractivity contribution < 1.29 is 8.91 Å². The summed E-state index contributed by atoms with van der Waals surface area (Å²) < 4.78 is 18.8. The van der Waals surface area contributed by atoms with E-state index >= 15 is 0 Å². The van der Waals surface area contributed by atoms with Crippen LogP contribution in [0.4, 0.5) is 4.39 Å². The average Bonchev–Trinajstić information content (AvgIpc) is 2.89. The van der Waals surface area contributed by atoms with Crippen molar-refractivity contribution in [1.82, 2.24) is 15.5 Å². The summed E-state index contributed by atoms with van der Waals surface area (Å²) in [6.45, 7) is 4.87. The maximum Gasteiger partial charge on any atom is 0.246 e. The number of rotatable bonds is 2. The lowest BCUT2D eigenvalue weighted by Gasteiger charge is -2.31. The molecular formula is C15H18FN3O. The van der Waals surface area contributed by atoms with Crippen LogP contribution in [0.2, 0.25) is 0 Å². The highest BCUT2D eigenvalue weighted by Gasteiger charge is 2.34. The number of nitrogens with one attached hydrogen (secondary N) is 1. The zero-order valence-corrected chi connectivity index (χ0v) is 11.7. The molecule has 0 aliphatic carbocycles. The van der Waals surface area contributed by atoms with E-state index in [0.717, 1.165) is 24.9 Å². The lowest BCUT2D eigenvalue weighted by molar-refractivity contribution is 0.207. The zero-order valence-electron chi connectivity index (χ0n) is 11.7. The van der Waals surface area contributed by atoms with Crippen LogP contribution >= 0.6 is 0 Å². The van der Waals surface area contributed by atoms with Crippen LogP contribution in [0.1, 0.15) is 37.6 Å². The van der Waals surface area contributed by atoms with Crippen molar-refractivity contribution in [2.75, 3.05) is 6.54 Å². The molecule has 1 atom stereocenters. The van der Waals surface area contributed by atoms with Gasteiger partial charge in [-0.15, -0.1) is 0 Å². The summed E-state index contributed by atoms with van der Waals surface area (Å²) in [7, 11) is 0. The van der Waals surface area contributed by atoms with Crippen molar-refractivity contribution in [1.29, 1.82) is 0 Å². The van der Waals surface area contributed by atoms with E-state index in [9.17, 15) is 4.39 Å². The molecule has 0 bridgehead atoms. The third-order valence-corrected chi connectivity index (χ3v) is 3.82. The van der Waals surface area contributed by atoms with E-state index in [1.807, 2.05) is 13.0 Å². The van der Waals surface area contributed by atoms with Gasteiger partial charge in [-0.2, -0.15) is 4.98 Å². The SMILES string of the molecule is Cc1cc(F)cc(-c2noc(C3(C)CCCCN3)n2)c1. The van der Waals surface area contributed by atoms with Crippen molar-refractivity contribution in [3.63, 3.8) is 0 Å². The van der Waals surface area contributed by atoms with E-state index < -0.39 is 0 Å². The lowest BCUT2D eigenvalue weighted by Crippen LogP contribution is -2.43. The number of hydrogen-bond acceptors (Lipinski definition) is 4. The molecule has 1 aliphatic heterocycles. The largest absolute Gasteiger partial charge is 0.337 e. The number of hydrogen-bond donors (Lipinski definition) is 1. The van der Waals surface area contributed by atoms with Gasteiger partial charge in [-0.25, -0.2) is 4.39 Å². The number of piperidine rings is 1. The number of aryl methyl sites for hydroxylation is 1. The van der Waals surface area contributed by atoms with Gasteiger partial charge in [0.2, 0.25) is 11.7 Å². The van der Waals surface area contributed by atoms with Crippen LogP contribution in [0.15, 0.2) is 22.7 Å². The smallest absolute Gasteiger partial charge is 0.246 e. The lowest BCUT2D eigenvalue weighted by atomic mass is 9.91. The highest BCUT2D eigenvalue weighted by molar-refractivity contribution is 5.55. The van der Waals surface area contributed by atoms with Gasteiger partial charge in [-0.1, -0.05) is 5.16 Å². The van der Waals surface area contributed by atoms with E-state index in [0.29, 0.717) is 17.3 Å². The molecule has 1 saturated heterocycles. The molecule has 4 nitrogen and oxygen atoms in total. The summed E-state index contributed by atoms with van der Waals surface area (Å²) in [5.74, 6) is 0.735. The molecule has 0 amide bonds. The van der Waals surface area contributed by atoms with Gasteiger partial charge in [0.05, 0.1) is 5.54 Å². The third kappa shape index (κ3) is 2.45. The molecule has 5 heteroatoms. The van der Waals surface area contributed by atoms with E-state index in [4.69, 9.17) is 4.52 Å². The summed E-state index contributed by atoms with van der Waals surface area (Å²) >= 11 is 0. The quantitative estimate of drug-likeness (QED) is 0.914. The standard InChI is InChI=1S/C15H18FN3O/c1-10-7-11(9-12(16)8-10)13-18-14(20-19-13)15(2)5-3-4-6-17-15/h7-9,17H,3-6H2,1-2H3. The van der Waals surface area contributed by atoms with Gasteiger partial charge in [-0.05, 0) is 63.4 Å². The fraction of sp³-hybridized carbons (Fsp3) is 0.467. The second-order valence-corrected chi connectivity index (χ2v) is 5.66. The Morgan fingerprint density at radius 2 is 2.15 bits per heavy atom. The van der Waals surface area contributed by atoms with Gasteiger partial charge in [0.25, 0.3) is 0 Å². The predicted molar refractivity (Wildman–Crippen MR) is 73.6 cm³/mol. The van der Waals surface area contributed by atoms with Crippen LogP contribution in [-0.2, 0) is 5.54 Å². The highest BCUT2D eigenvalue weighted by Crippen LogP contribution is 2.30. The molecule has 1 aromatic heterocycles.